The van der Waals surface area contributed by atoms with Crippen LogP contribution in [0.5, 0.6) is 0 Å². The molecule has 0 saturated carbocycles. The van der Waals surface area contributed by atoms with Crippen molar-refractivity contribution >= 4 is 22.7 Å². The van der Waals surface area contributed by atoms with E-state index in [-0.39, 0.29) is 0 Å². The van der Waals surface area contributed by atoms with Crippen molar-refractivity contribution in [2.24, 2.45) is 9.98 Å². The van der Waals surface area contributed by atoms with E-state index in [4.69, 9.17) is 14.4 Å². The summed E-state index contributed by atoms with van der Waals surface area (Å²) in [5.41, 5.74) is 4.94. The number of aryl methyl sites for hydroxylation is 1. The monoisotopic (exact) mass is 314 g/mol. The molecule has 5 rings (SSSR count). The Hall–Kier alpha value is -3.08. The molecule has 0 N–H and O–H groups in total. The summed E-state index contributed by atoms with van der Waals surface area (Å²) in [5.74, 6) is 1.01. The highest BCUT2D eigenvalue weighted by atomic mass is 16.4. The van der Waals surface area contributed by atoms with E-state index < -0.39 is 0 Å². The lowest BCUT2D eigenvalue weighted by molar-refractivity contribution is 0.511. The minimum atomic E-state index is 0.470. The molecule has 2 aliphatic heterocycles. The number of hydrogen-bond acceptors (Lipinski definition) is 5. The van der Waals surface area contributed by atoms with Crippen LogP contribution in [-0.4, -0.2) is 15.9 Å². The second kappa shape index (κ2) is 4.47. The molecule has 0 unspecified atom stereocenters. The van der Waals surface area contributed by atoms with Gasteiger partial charge in [-0.05, 0) is 37.1 Å². The summed E-state index contributed by atoms with van der Waals surface area (Å²) >= 11 is 0. The van der Waals surface area contributed by atoms with Crippen molar-refractivity contribution in [1.29, 1.82) is 0 Å². The summed E-state index contributed by atoms with van der Waals surface area (Å²) in [6.45, 7) is 5.93. The van der Waals surface area contributed by atoms with Crippen LogP contribution in [0.1, 0.15) is 24.3 Å². The van der Waals surface area contributed by atoms with Crippen molar-refractivity contribution in [2.45, 2.75) is 20.8 Å². The number of rotatable bonds is 1. The van der Waals surface area contributed by atoms with Gasteiger partial charge in [-0.2, -0.15) is 0 Å². The van der Waals surface area contributed by atoms with Gasteiger partial charge in [-0.1, -0.05) is 18.2 Å². The Morgan fingerprint density at radius 2 is 1.75 bits per heavy atom. The van der Waals surface area contributed by atoms with E-state index in [1.54, 1.807) is 6.92 Å². The highest BCUT2D eigenvalue weighted by Gasteiger charge is 2.23. The molecule has 2 aromatic carbocycles. The molecule has 3 aromatic rings. The molecule has 2 aliphatic rings. The van der Waals surface area contributed by atoms with Crippen LogP contribution in [-0.2, 0) is 0 Å². The summed E-state index contributed by atoms with van der Waals surface area (Å²) in [6.07, 6.45) is 0. The third-order valence-electron chi connectivity index (χ3n) is 4.64. The van der Waals surface area contributed by atoms with Gasteiger partial charge in [0.25, 0.3) is 5.89 Å². The predicted octanol–water partition coefficient (Wildman–Crippen LogP) is 2.54. The van der Waals surface area contributed by atoms with E-state index >= 15 is 0 Å². The lowest BCUT2D eigenvalue weighted by Gasteiger charge is -2.02. The minimum absolute atomic E-state index is 0.470. The number of aliphatic imine (C=N–C) groups is 1. The highest BCUT2D eigenvalue weighted by Crippen LogP contribution is 2.29. The Bertz CT molecular complexity index is 1280. The first-order chi connectivity index (χ1) is 11.6. The van der Waals surface area contributed by atoms with Gasteiger partial charge in [0.2, 0.25) is 5.89 Å². The van der Waals surface area contributed by atoms with Gasteiger partial charge in [-0.15, -0.1) is 10.2 Å². The molecule has 5 heteroatoms. The fourth-order valence-electron chi connectivity index (χ4n) is 3.54. The molecular formula is C19H14N4O. The zero-order valence-electron chi connectivity index (χ0n) is 13.6. The molecule has 0 aliphatic carbocycles. The van der Waals surface area contributed by atoms with Crippen LogP contribution in [0.25, 0.3) is 5.57 Å². The Balaban J connectivity index is 1.87. The van der Waals surface area contributed by atoms with E-state index in [0.29, 0.717) is 11.8 Å². The fourth-order valence-corrected chi connectivity index (χ4v) is 3.54. The normalized spacial score (nSPS) is 14.1. The number of nitrogens with zero attached hydrogens (tertiary/aromatic N) is 4. The molecule has 3 heterocycles. The maximum atomic E-state index is 5.57. The van der Waals surface area contributed by atoms with Gasteiger partial charge >= 0.3 is 0 Å². The summed E-state index contributed by atoms with van der Waals surface area (Å²) < 4.78 is 5.57. The number of hydrogen-bond donors (Lipinski definition) is 0. The van der Waals surface area contributed by atoms with Crippen molar-refractivity contribution in [2.75, 3.05) is 0 Å². The molecular weight excluding hydrogens is 300 g/mol. The summed E-state index contributed by atoms with van der Waals surface area (Å²) in [6, 6.07) is 10.3. The summed E-state index contributed by atoms with van der Waals surface area (Å²) in [7, 11) is 0. The van der Waals surface area contributed by atoms with E-state index in [2.05, 4.69) is 29.3 Å². The van der Waals surface area contributed by atoms with E-state index in [9.17, 15) is 0 Å². The molecule has 5 nitrogen and oxygen atoms in total. The Morgan fingerprint density at radius 3 is 2.54 bits per heavy atom. The lowest BCUT2D eigenvalue weighted by Crippen LogP contribution is -2.10. The van der Waals surface area contributed by atoms with Crippen LogP contribution in [0.2, 0.25) is 0 Å². The number of aromatic nitrogens is 2. The molecule has 1 aromatic heterocycles. The molecule has 116 valence electrons. The van der Waals surface area contributed by atoms with Gasteiger partial charge in [0, 0.05) is 22.6 Å². The maximum Gasteiger partial charge on any atom is 0.266 e. The summed E-state index contributed by atoms with van der Waals surface area (Å²) in [5, 5.41) is 12.5. The van der Waals surface area contributed by atoms with Crippen LogP contribution in [0.4, 0.5) is 11.4 Å². The van der Waals surface area contributed by atoms with E-state index in [1.165, 1.54) is 0 Å². The molecule has 0 saturated heterocycles. The van der Waals surface area contributed by atoms with Crippen LogP contribution < -0.4 is 10.6 Å². The van der Waals surface area contributed by atoms with E-state index in [1.807, 2.05) is 25.1 Å². The molecule has 0 fully saturated rings. The SMILES string of the molecule is CC1=c2c(cc3c(c2C)N=c2ccccc2=3)N=C1c1nnc(C)o1. The van der Waals surface area contributed by atoms with Crippen LogP contribution in [0.3, 0.4) is 0 Å². The Morgan fingerprint density at radius 1 is 0.917 bits per heavy atom. The molecule has 0 atom stereocenters. The fraction of sp³-hybridized carbons (Fsp3) is 0.158. The highest BCUT2D eigenvalue weighted by molar-refractivity contribution is 6.28. The Kier molecular flexibility index (Phi) is 2.49. The second-order valence-electron chi connectivity index (χ2n) is 6.13. The Labute approximate surface area is 137 Å². The molecule has 0 radical (unpaired) electrons. The van der Waals surface area contributed by atoms with Crippen LogP contribution in [0, 0.1) is 24.3 Å². The molecule has 0 amide bonds. The van der Waals surface area contributed by atoms with Gasteiger partial charge in [0.05, 0.1) is 16.7 Å². The zero-order chi connectivity index (χ0) is 16.4. The minimum Gasteiger partial charge on any atom is -0.420 e. The van der Waals surface area contributed by atoms with E-state index in [0.717, 1.165) is 49.2 Å². The van der Waals surface area contributed by atoms with Crippen LogP contribution >= 0.6 is 0 Å². The number of para-hydroxylation sites is 1. The first kappa shape index (κ1) is 13.4. The van der Waals surface area contributed by atoms with Crippen molar-refractivity contribution in [3.05, 3.63) is 68.7 Å². The third kappa shape index (κ3) is 1.64. The lowest BCUT2D eigenvalue weighted by atomic mass is 10.0. The van der Waals surface area contributed by atoms with Gasteiger partial charge in [0.15, 0.2) is 0 Å². The first-order valence-corrected chi connectivity index (χ1v) is 7.85. The van der Waals surface area contributed by atoms with Gasteiger partial charge in [-0.25, -0.2) is 9.98 Å². The smallest absolute Gasteiger partial charge is 0.266 e. The topological polar surface area (TPSA) is 63.6 Å². The van der Waals surface area contributed by atoms with Crippen molar-refractivity contribution in [3.8, 4) is 0 Å². The van der Waals surface area contributed by atoms with Crippen LogP contribution in [0.15, 0.2) is 44.7 Å². The van der Waals surface area contributed by atoms with Gasteiger partial charge in [0.1, 0.15) is 5.71 Å². The predicted molar refractivity (Wildman–Crippen MR) is 90.0 cm³/mol. The quantitative estimate of drug-likeness (QED) is 0.542. The summed E-state index contributed by atoms with van der Waals surface area (Å²) in [4.78, 5) is 9.58. The van der Waals surface area contributed by atoms with Crippen molar-refractivity contribution < 1.29 is 4.42 Å². The zero-order valence-corrected chi connectivity index (χ0v) is 13.6. The molecule has 0 spiro atoms. The molecule has 24 heavy (non-hydrogen) atoms. The van der Waals surface area contributed by atoms with Crippen molar-refractivity contribution in [1.82, 2.24) is 10.2 Å². The number of fused-ring (bicyclic) bond motifs is 3. The maximum absolute atomic E-state index is 5.57. The third-order valence-corrected chi connectivity index (χ3v) is 4.64. The standard InChI is InChI=1S/C19H14N4O/c1-9-16-10(2)18(19-23-22-11(3)24-19)21-15(16)8-13-12-6-4-5-7-14(12)20-17(9)13/h4-8H,1-3H3. The molecule has 0 bridgehead atoms. The van der Waals surface area contributed by atoms with Gasteiger partial charge < -0.3 is 4.42 Å². The average Bonchev–Trinajstić information content (AvgIpc) is 3.24. The van der Waals surface area contributed by atoms with Crippen molar-refractivity contribution in [3.63, 3.8) is 0 Å². The number of benzene rings is 2. The van der Waals surface area contributed by atoms with Gasteiger partial charge in [-0.3, -0.25) is 0 Å². The first-order valence-electron chi connectivity index (χ1n) is 7.85. The largest absolute Gasteiger partial charge is 0.420 e. The average molecular weight is 314 g/mol. The second-order valence-corrected chi connectivity index (χ2v) is 6.13.